The monoisotopic (exact) mass is 411 g/mol. The first kappa shape index (κ1) is 24.7. The van der Waals surface area contributed by atoms with Crippen molar-refractivity contribution in [3.8, 4) is 0 Å². The molecule has 0 aliphatic carbocycles. The average Bonchev–Trinajstić information content (AvgIpc) is 3.13. The van der Waals surface area contributed by atoms with Gasteiger partial charge < -0.3 is 0 Å². The summed E-state index contributed by atoms with van der Waals surface area (Å²) in [6.45, 7) is 6.75. The van der Waals surface area contributed by atoms with E-state index in [0.29, 0.717) is 0 Å². The Morgan fingerprint density at radius 1 is 0.667 bits per heavy atom. The summed E-state index contributed by atoms with van der Waals surface area (Å²) >= 11 is 0. The van der Waals surface area contributed by atoms with E-state index in [0.717, 1.165) is 13.0 Å². The Labute approximate surface area is 186 Å². The standard InChI is InChI=1S/C28H47N2/c1-3-5-6-7-8-9-10-11-12-13-14-15-19-23-29-24-25-30(28(29)20-4-2)26-27-21-17-16-18-22-27/h16-18,21-22,24-25H,3-15,19-20,23,26H2,1-2H3/q+1. The molecule has 2 rings (SSSR count). The zero-order chi connectivity index (χ0) is 21.3. The van der Waals surface area contributed by atoms with Gasteiger partial charge in [-0.2, -0.15) is 0 Å². The van der Waals surface area contributed by atoms with E-state index in [-0.39, 0.29) is 0 Å². The highest BCUT2D eigenvalue weighted by atomic mass is 15.1. The fourth-order valence-electron chi connectivity index (χ4n) is 4.44. The van der Waals surface area contributed by atoms with E-state index in [2.05, 4.69) is 65.7 Å². The third-order valence-electron chi connectivity index (χ3n) is 6.26. The average molecular weight is 412 g/mol. The molecular formula is C28H47N2+. The summed E-state index contributed by atoms with van der Waals surface area (Å²) in [6, 6.07) is 10.8. The Hall–Kier alpha value is -1.57. The van der Waals surface area contributed by atoms with Crippen LogP contribution in [0.2, 0.25) is 0 Å². The maximum Gasteiger partial charge on any atom is 0.256 e. The Kier molecular flexibility index (Phi) is 13.3. The van der Waals surface area contributed by atoms with Crippen LogP contribution in [0.3, 0.4) is 0 Å². The van der Waals surface area contributed by atoms with Crippen LogP contribution in [0.25, 0.3) is 0 Å². The van der Waals surface area contributed by atoms with Crippen LogP contribution in [0, 0.1) is 0 Å². The van der Waals surface area contributed by atoms with Gasteiger partial charge >= 0.3 is 0 Å². The molecule has 0 saturated heterocycles. The Balaban J connectivity index is 1.57. The van der Waals surface area contributed by atoms with Crippen molar-refractivity contribution in [2.24, 2.45) is 0 Å². The minimum atomic E-state index is 0.988. The highest BCUT2D eigenvalue weighted by Gasteiger charge is 2.16. The van der Waals surface area contributed by atoms with E-state index in [4.69, 9.17) is 0 Å². The number of hydrogen-bond acceptors (Lipinski definition) is 0. The summed E-state index contributed by atoms with van der Waals surface area (Å²) in [5, 5.41) is 0. The molecule has 0 amide bonds. The van der Waals surface area contributed by atoms with Gasteiger partial charge in [-0.15, -0.1) is 0 Å². The fourth-order valence-corrected chi connectivity index (χ4v) is 4.44. The lowest BCUT2D eigenvalue weighted by molar-refractivity contribution is -0.695. The third kappa shape index (κ3) is 9.96. The van der Waals surface area contributed by atoms with E-state index >= 15 is 0 Å². The zero-order valence-electron chi connectivity index (χ0n) is 20.0. The molecule has 1 aromatic heterocycles. The molecule has 168 valence electrons. The van der Waals surface area contributed by atoms with E-state index in [9.17, 15) is 0 Å². The maximum absolute atomic E-state index is 2.50. The number of benzene rings is 1. The highest BCUT2D eigenvalue weighted by molar-refractivity contribution is 5.13. The first-order valence-corrected chi connectivity index (χ1v) is 13.0. The molecule has 2 heteroatoms. The first-order chi connectivity index (χ1) is 14.8. The molecule has 0 atom stereocenters. The molecule has 0 radical (unpaired) electrons. The normalized spacial score (nSPS) is 11.3. The lowest BCUT2D eigenvalue weighted by Crippen LogP contribution is -2.37. The number of rotatable bonds is 18. The first-order valence-electron chi connectivity index (χ1n) is 13.0. The van der Waals surface area contributed by atoms with Crippen molar-refractivity contribution in [3.05, 3.63) is 54.1 Å². The Morgan fingerprint density at radius 3 is 1.80 bits per heavy atom. The molecule has 0 fully saturated rings. The van der Waals surface area contributed by atoms with Gasteiger partial charge in [0.1, 0.15) is 18.9 Å². The molecule has 1 heterocycles. The molecule has 0 aliphatic heterocycles. The van der Waals surface area contributed by atoms with E-state index < -0.39 is 0 Å². The van der Waals surface area contributed by atoms with Crippen LogP contribution in [0.4, 0.5) is 0 Å². The molecule has 0 spiro atoms. The molecule has 0 aliphatic rings. The second-order valence-corrected chi connectivity index (χ2v) is 9.01. The summed E-state index contributed by atoms with van der Waals surface area (Å²) in [7, 11) is 0. The minimum Gasteiger partial charge on any atom is -0.234 e. The molecule has 0 bridgehead atoms. The molecule has 0 saturated carbocycles. The molecule has 1 aromatic carbocycles. The van der Waals surface area contributed by atoms with Gasteiger partial charge in [-0.1, -0.05) is 115 Å². The van der Waals surface area contributed by atoms with Gasteiger partial charge in [0.25, 0.3) is 5.82 Å². The van der Waals surface area contributed by atoms with Crippen molar-refractivity contribution < 1.29 is 4.57 Å². The summed E-state index contributed by atoms with van der Waals surface area (Å²) in [4.78, 5) is 0. The molecule has 0 unspecified atom stereocenters. The summed E-state index contributed by atoms with van der Waals surface area (Å²) in [6.07, 6.45) is 25.4. The van der Waals surface area contributed by atoms with Crippen LogP contribution < -0.4 is 4.57 Å². The number of aromatic nitrogens is 2. The molecule has 0 N–H and O–H groups in total. The van der Waals surface area contributed by atoms with E-state index in [1.54, 1.807) is 0 Å². The van der Waals surface area contributed by atoms with Gasteiger partial charge in [0.2, 0.25) is 0 Å². The van der Waals surface area contributed by atoms with Crippen molar-refractivity contribution in [3.63, 3.8) is 0 Å². The predicted octanol–water partition coefficient (Wildman–Crippen LogP) is 7.87. The smallest absolute Gasteiger partial charge is 0.234 e. The number of hydrogen-bond donors (Lipinski definition) is 0. The van der Waals surface area contributed by atoms with Crippen LogP contribution in [-0.4, -0.2) is 4.57 Å². The van der Waals surface area contributed by atoms with E-state index in [1.165, 1.54) is 108 Å². The third-order valence-corrected chi connectivity index (χ3v) is 6.26. The number of nitrogens with zero attached hydrogens (tertiary/aromatic N) is 2. The van der Waals surface area contributed by atoms with Crippen molar-refractivity contribution in [2.75, 3.05) is 0 Å². The second-order valence-electron chi connectivity index (χ2n) is 9.01. The Bertz CT molecular complexity index is 644. The largest absolute Gasteiger partial charge is 0.256 e. The van der Waals surface area contributed by atoms with Crippen LogP contribution in [-0.2, 0) is 19.5 Å². The maximum atomic E-state index is 2.50. The van der Waals surface area contributed by atoms with Gasteiger partial charge in [-0.05, 0) is 24.8 Å². The predicted molar refractivity (Wildman–Crippen MR) is 130 cm³/mol. The minimum absolute atomic E-state index is 0.988. The SMILES string of the molecule is CCCCCCCCCCCCCCCn1cc[n+](Cc2ccccc2)c1CCC. The van der Waals surface area contributed by atoms with Crippen LogP contribution >= 0.6 is 0 Å². The van der Waals surface area contributed by atoms with Gasteiger partial charge in [0.05, 0.1) is 6.54 Å². The highest BCUT2D eigenvalue weighted by Crippen LogP contribution is 2.13. The molecule has 2 nitrogen and oxygen atoms in total. The van der Waals surface area contributed by atoms with Crippen LogP contribution in [0.15, 0.2) is 42.7 Å². The van der Waals surface area contributed by atoms with Crippen molar-refractivity contribution in [2.45, 2.75) is 123 Å². The van der Waals surface area contributed by atoms with Gasteiger partial charge in [0, 0.05) is 6.42 Å². The van der Waals surface area contributed by atoms with Crippen LogP contribution in [0.5, 0.6) is 0 Å². The number of aryl methyl sites for hydroxylation is 1. The van der Waals surface area contributed by atoms with Gasteiger partial charge in [0.15, 0.2) is 0 Å². The zero-order valence-corrected chi connectivity index (χ0v) is 20.0. The van der Waals surface area contributed by atoms with Crippen molar-refractivity contribution in [1.29, 1.82) is 0 Å². The fraction of sp³-hybridized carbons (Fsp3) is 0.679. The van der Waals surface area contributed by atoms with E-state index in [1.807, 2.05) is 0 Å². The quantitative estimate of drug-likeness (QED) is 0.174. The van der Waals surface area contributed by atoms with Crippen molar-refractivity contribution >= 4 is 0 Å². The van der Waals surface area contributed by atoms with Gasteiger partial charge in [-0.3, -0.25) is 0 Å². The Morgan fingerprint density at radius 2 is 1.23 bits per heavy atom. The summed E-state index contributed by atoms with van der Waals surface area (Å²) < 4.78 is 4.95. The molecule has 30 heavy (non-hydrogen) atoms. The number of unbranched alkanes of at least 4 members (excludes halogenated alkanes) is 12. The van der Waals surface area contributed by atoms with Gasteiger partial charge in [-0.25, -0.2) is 9.13 Å². The summed E-state index contributed by atoms with van der Waals surface area (Å²) in [5.74, 6) is 1.49. The lowest BCUT2D eigenvalue weighted by Gasteiger charge is -2.06. The number of imidazole rings is 1. The molecule has 2 aromatic rings. The lowest BCUT2D eigenvalue weighted by atomic mass is 10.0. The molecular weight excluding hydrogens is 364 g/mol. The van der Waals surface area contributed by atoms with Crippen LogP contribution in [0.1, 0.15) is 115 Å². The topological polar surface area (TPSA) is 8.81 Å². The summed E-state index contributed by atoms with van der Waals surface area (Å²) in [5.41, 5.74) is 1.39. The second kappa shape index (κ2) is 16.2. The van der Waals surface area contributed by atoms with Crippen molar-refractivity contribution in [1.82, 2.24) is 4.57 Å².